The van der Waals surface area contributed by atoms with Crippen molar-refractivity contribution in [2.24, 2.45) is 0 Å². The minimum Gasteiger partial charge on any atom is -0.362 e. The van der Waals surface area contributed by atoms with Crippen LogP contribution in [0.3, 0.4) is 0 Å². The summed E-state index contributed by atoms with van der Waals surface area (Å²) in [5, 5.41) is 28.6. The molecule has 0 atom stereocenters. The molecule has 0 bridgehead atoms. The van der Waals surface area contributed by atoms with Gasteiger partial charge in [0.25, 0.3) is 5.69 Å². The lowest BCUT2D eigenvalue weighted by Gasteiger charge is -2.23. The smallest absolute Gasteiger partial charge is 0.322 e. The second-order valence-corrected chi connectivity index (χ2v) is 7.84. The zero-order valence-electron chi connectivity index (χ0n) is 15.0. The van der Waals surface area contributed by atoms with Crippen molar-refractivity contribution in [1.82, 2.24) is 9.97 Å². The Morgan fingerprint density at radius 2 is 1.50 bits per heavy atom. The van der Waals surface area contributed by atoms with Gasteiger partial charge in [0.15, 0.2) is 5.69 Å². The van der Waals surface area contributed by atoms with Gasteiger partial charge in [-0.1, -0.05) is 0 Å². The number of anilines is 2. The van der Waals surface area contributed by atoms with Crippen LogP contribution in [0.1, 0.15) is 10.0 Å². The van der Waals surface area contributed by atoms with Crippen LogP contribution in [0.4, 0.5) is 22.7 Å². The first-order chi connectivity index (χ1) is 13.4. The fraction of sp³-hybridized carbons (Fsp3) is 0.250. The SMILES string of the molecule is CN(Cc1nccs1)c1ccc([N+](=O)[O-])c(N(C)Cc2nccs2)c1[N+](=O)[O-]. The maximum atomic E-state index is 11.9. The molecule has 0 fully saturated rings. The summed E-state index contributed by atoms with van der Waals surface area (Å²) in [6, 6.07) is 2.71. The molecule has 0 amide bonds. The summed E-state index contributed by atoms with van der Waals surface area (Å²) in [7, 11) is 3.28. The van der Waals surface area contributed by atoms with Crippen molar-refractivity contribution in [3.05, 3.63) is 65.5 Å². The molecule has 0 radical (unpaired) electrons. The lowest BCUT2D eigenvalue weighted by molar-refractivity contribution is -0.392. The van der Waals surface area contributed by atoms with E-state index in [1.54, 1.807) is 36.8 Å². The highest BCUT2D eigenvalue weighted by atomic mass is 32.1. The van der Waals surface area contributed by atoms with Gasteiger partial charge in [0.05, 0.1) is 22.9 Å². The van der Waals surface area contributed by atoms with E-state index in [4.69, 9.17) is 0 Å². The molecule has 0 spiro atoms. The summed E-state index contributed by atoms with van der Waals surface area (Å²) in [6.45, 7) is 0.574. The Morgan fingerprint density at radius 1 is 0.929 bits per heavy atom. The summed E-state index contributed by atoms with van der Waals surface area (Å²) < 4.78 is 0. The Kier molecular flexibility index (Phi) is 5.80. The van der Waals surface area contributed by atoms with Crippen LogP contribution < -0.4 is 9.80 Å². The first-order valence-electron chi connectivity index (χ1n) is 8.03. The van der Waals surface area contributed by atoms with Gasteiger partial charge in [0, 0.05) is 43.3 Å². The van der Waals surface area contributed by atoms with Gasteiger partial charge in [-0.2, -0.15) is 0 Å². The van der Waals surface area contributed by atoms with E-state index in [0.29, 0.717) is 11.6 Å². The summed E-state index contributed by atoms with van der Waals surface area (Å²) in [4.78, 5) is 33.8. The molecule has 3 aromatic rings. The van der Waals surface area contributed by atoms with Gasteiger partial charge in [-0.3, -0.25) is 20.2 Å². The van der Waals surface area contributed by atoms with E-state index < -0.39 is 9.85 Å². The lowest BCUT2D eigenvalue weighted by Crippen LogP contribution is -2.22. The number of rotatable bonds is 8. The van der Waals surface area contributed by atoms with Gasteiger partial charge in [-0.15, -0.1) is 22.7 Å². The number of nitrogens with zero attached hydrogens (tertiary/aromatic N) is 6. The van der Waals surface area contributed by atoms with Crippen molar-refractivity contribution in [3.63, 3.8) is 0 Å². The van der Waals surface area contributed by atoms with Crippen LogP contribution in [0.5, 0.6) is 0 Å². The van der Waals surface area contributed by atoms with E-state index >= 15 is 0 Å². The van der Waals surface area contributed by atoms with Gasteiger partial charge < -0.3 is 9.80 Å². The van der Waals surface area contributed by atoms with E-state index in [2.05, 4.69) is 9.97 Å². The molecule has 0 unspecified atom stereocenters. The molecule has 2 heterocycles. The van der Waals surface area contributed by atoms with Gasteiger partial charge in [-0.05, 0) is 6.07 Å². The van der Waals surface area contributed by atoms with E-state index in [-0.39, 0.29) is 29.3 Å². The molecular weight excluding hydrogens is 404 g/mol. The normalized spacial score (nSPS) is 10.6. The highest BCUT2D eigenvalue weighted by Crippen LogP contribution is 2.44. The number of aromatic nitrogens is 2. The minimum atomic E-state index is -0.606. The molecule has 0 aliphatic heterocycles. The van der Waals surface area contributed by atoms with Crippen LogP contribution in [0, 0.1) is 20.2 Å². The van der Waals surface area contributed by atoms with Crippen molar-refractivity contribution in [2.75, 3.05) is 23.9 Å². The molecule has 0 N–H and O–H groups in total. The van der Waals surface area contributed by atoms with Crippen LogP contribution in [-0.2, 0) is 13.1 Å². The van der Waals surface area contributed by atoms with Crippen molar-refractivity contribution in [3.8, 4) is 0 Å². The molecule has 12 heteroatoms. The number of thiazole rings is 2. The number of nitro benzene ring substituents is 2. The van der Waals surface area contributed by atoms with Crippen LogP contribution in [0.2, 0.25) is 0 Å². The van der Waals surface area contributed by atoms with E-state index in [1.165, 1.54) is 39.7 Å². The first-order valence-corrected chi connectivity index (χ1v) is 9.79. The van der Waals surface area contributed by atoms with Crippen LogP contribution >= 0.6 is 22.7 Å². The first kappa shape index (κ1) is 19.6. The molecule has 2 aromatic heterocycles. The van der Waals surface area contributed by atoms with Crippen LogP contribution in [0.15, 0.2) is 35.3 Å². The Morgan fingerprint density at radius 3 is 1.96 bits per heavy atom. The van der Waals surface area contributed by atoms with Gasteiger partial charge in [0.2, 0.25) is 0 Å². The molecule has 0 aliphatic rings. The monoisotopic (exact) mass is 420 g/mol. The molecule has 146 valence electrons. The Labute approximate surface area is 168 Å². The third-order valence-corrected chi connectivity index (χ3v) is 5.52. The molecule has 1 aromatic carbocycles. The summed E-state index contributed by atoms with van der Waals surface area (Å²) in [5.41, 5.74) is -0.398. The fourth-order valence-corrected chi connectivity index (χ4v) is 4.14. The highest BCUT2D eigenvalue weighted by molar-refractivity contribution is 7.09. The predicted molar refractivity (Wildman–Crippen MR) is 108 cm³/mol. The highest BCUT2D eigenvalue weighted by Gasteiger charge is 2.33. The second-order valence-electron chi connectivity index (χ2n) is 5.88. The second kappa shape index (κ2) is 8.27. The van der Waals surface area contributed by atoms with Crippen molar-refractivity contribution in [2.45, 2.75) is 13.1 Å². The van der Waals surface area contributed by atoms with E-state index in [0.717, 1.165) is 5.01 Å². The number of benzene rings is 1. The van der Waals surface area contributed by atoms with E-state index in [9.17, 15) is 20.2 Å². The number of hydrogen-bond donors (Lipinski definition) is 0. The Balaban J connectivity index is 2.08. The molecule has 28 heavy (non-hydrogen) atoms. The summed E-state index contributed by atoms with van der Waals surface area (Å²) in [6.07, 6.45) is 3.28. The molecule has 0 saturated heterocycles. The predicted octanol–water partition coefficient (Wildman–Crippen LogP) is 3.69. The van der Waals surface area contributed by atoms with Crippen molar-refractivity contribution < 1.29 is 9.85 Å². The third kappa shape index (κ3) is 4.07. The Bertz CT molecular complexity index is 977. The largest absolute Gasteiger partial charge is 0.362 e. The Hall–Kier alpha value is -3.12. The number of nitro groups is 2. The lowest BCUT2D eigenvalue weighted by atomic mass is 10.1. The zero-order chi connectivity index (χ0) is 20.3. The maximum absolute atomic E-state index is 11.9. The van der Waals surface area contributed by atoms with Gasteiger partial charge >= 0.3 is 5.69 Å². The van der Waals surface area contributed by atoms with E-state index in [1.807, 2.05) is 5.38 Å². The molecule has 3 rings (SSSR count). The van der Waals surface area contributed by atoms with Crippen molar-refractivity contribution >= 4 is 45.4 Å². The van der Waals surface area contributed by atoms with Gasteiger partial charge in [0.1, 0.15) is 15.7 Å². The average Bonchev–Trinajstić information content (AvgIpc) is 3.34. The third-order valence-electron chi connectivity index (χ3n) is 3.99. The zero-order valence-corrected chi connectivity index (χ0v) is 16.6. The standard InChI is InChI=1S/C16H16N6O4S2/c1-19(9-13-17-5-7-27-13)11-3-4-12(21(23)24)15(16(11)22(25)26)20(2)10-14-18-6-8-28-14/h3-8H,9-10H2,1-2H3. The summed E-state index contributed by atoms with van der Waals surface area (Å²) in [5.74, 6) is 0. The summed E-state index contributed by atoms with van der Waals surface area (Å²) >= 11 is 2.81. The van der Waals surface area contributed by atoms with Gasteiger partial charge in [-0.25, -0.2) is 9.97 Å². The quantitative estimate of drug-likeness (QED) is 0.400. The number of hydrogen-bond acceptors (Lipinski definition) is 10. The molecule has 0 aliphatic carbocycles. The fourth-order valence-electron chi connectivity index (χ4n) is 2.80. The maximum Gasteiger partial charge on any atom is 0.322 e. The minimum absolute atomic E-state index is 0.0475. The molecule has 10 nitrogen and oxygen atoms in total. The topological polar surface area (TPSA) is 119 Å². The van der Waals surface area contributed by atoms with Crippen LogP contribution in [-0.4, -0.2) is 33.9 Å². The van der Waals surface area contributed by atoms with Crippen molar-refractivity contribution in [1.29, 1.82) is 0 Å². The molecular formula is C16H16N6O4S2. The molecule has 0 saturated carbocycles. The average molecular weight is 420 g/mol. The van der Waals surface area contributed by atoms with Crippen LogP contribution in [0.25, 0.3) is 0 Å².